The summed E-state index contributed by atoms with van der Waals surface area (Å²) in [5, 5.41) is 3.02. The van der Waals surface area contributed by atoms with E-state index in [1.165, 1.54) is 0 Å². The predicted molar refractivity (Wildman–Crippen MR) is 83.7 cm³/mol. The molecule has 0 aliphatic heterocycles. The summed E-state index contributed by atoms with van der Waals surface area (Å²) in [6.07, 6.45) is 3.47. The van der Waals surface area contributed by atoms with E-state index in [0.29, 0.717) is 24.6 Å². The number of hydrogen-bond donors (Lipinski definition) is 2. The molecule has 0 aliphatic rings. The van der Waals surface area contributed by atoms with E-state index in [2.05, 4.69) is 10.0 Å². The standard InChI is InChI=1S/C14H27N3O3S/c1-12(2)20-8-6-5-7-16-21(18,19)14-9-13(10-15-3)17(4)11-14/h9,11-12,15-16H,5-8,10H2,1-4H3. The molecule has 1 heterocycles. The van der Waals surface area contributed by atoms with Crippen LogP contribution in [0.3, 0.4) is 0 Å². The van der Waals surface area contributed by atoms with Gasteiger partial charge in [-0.1, -0.05) is 0 Å². The summed E-state index contributed by atoms with van der Waals surface area (Å²) < 4.78 is 34.2. The second-order valence-electron chi connectivity index (χ2n) is 5.33. The zero-order valence-corrected chi connectivity index (χ0v) is 14.2. The fourth-order valence-corrected chi connectivity index (χ4v) is 3.08. The van der Waals surface area contributed by atoms with E-state index < -0.39 is 10.0 Å². The molecule has 0 saturated carbocycles. The van der Waals surface area contributed by atoms with E-state index in [9.17, 15) is 8.42 Å². The average molecular weight is 317 g/mol. The number of unbranched alkanes of at least 4 members (excludes halogenated alkanes) is 1. The van der Waals surface area contributed by atoms with Gasteiger partial charge in [-0.05, 0) is 39.8 Å². The third kappa shape index (κ3) is 6.17. The van der Waals surface area contributed by atoms with Crippen LogP contribution >= 0.6 is 0 Å². The lowest BCUT2D eigenvalue weighted by Gasteiger charge is -2.07. The van der Waals surface area contributed by atoms with Crippen molar-refractivity contribution in [3.63, 3.8) is 0 Å². The minimum Gasteiger partial charge on any atom is -0.379 e. The minimum absolute atomic E-state index is 0.219. The highest BCUT2D eigenvalue weighted by Gasteiger charge is 2.16. The molecule has 0 aromatic carbocycles. The quantitative estimate of drug-likeness (QED) is 0.637. The van der Waals surface area contributed by atoms with Crippen molar-refractivity contribution in [3.05, 3.63) is 18.0 Å². The Morgan fingerprint density at radius 2 is 2.05 bits per heavy atom. The van der Waals surface area contributed by atoms with Gasteiger partial charge in [-0.3, -0.25) is 0 Å². The lowest BCUT2D eigenvalue weighted by Crippen LogP contribution is -2.24. The van der Waals surface area contributed by atoms with E-state index in [1.807, 2.05) is 32.5 Å². The van der Waals surface area contributed by atoms with Crippen LogP contribution in [0.1, 0.15) is 32.4 Å². The highest BCUT2D eigenvalue weighted by atomic mass is 32.2. The maximum atomic E-state index is 12.2. The molecule has 0 fully saturated rings. The first-order valence-electron chi connectivity index (χ1n) is 7.28. The molecule has 0 saturated heterocycles. The molecule has 0 amide bonds. The molecule has 1 rings (SSSR count). The summed E-state index contributed by atoms with van der Waals surface area (Å²) in [4.78, 5) is 0.314. The van der Waals surface area contributed by atoms with E-state index in [0.717, 1.165) is 18.5 Å². The fourth-order valence-electron chi connectivity index (χ4n) is 1.92. The first-order valence-corrected chi connectivity index (χ1v) is 8.76. The van der Waals surface area contributed by atoms with Gasteiger partial charge in [0, 0.05) is 38.6 Å². The average Bonchev–Trinajstić information content (AvgIpc) is 2.76. The Morgan fingerprint density at radius 1 is 1.33 bits per heavy atom. The highest BCUT2D eigenvalue weighted by molar-refractivity contribution is 7.89. The predicted octanol–water partition coefficient (Wildman–Crippen LogP) is 1.23. The van der Waals surface area contributed by atoms with Gasteiger partial charge in [-0.25, -0.2) is 13.1 Å². The Morgan fingerprint density at radius 3 is 2.67 bits per heavy atom. The number of ether oxygens (including phenoxy) is 1. The van der Waals surface area contributed by atoms with Crippen molar-refractivity contribution in [2.75, 3.05) is 20.2 Å². The molecule has 1 aromatic heterocycles. The van der Waals surface area contributed by atoms with Crippen LogP contribution in [0.4, 0.5) is 0 Å². The fraction of sp³-hybridized carbons (Fsp3) is 0.714. The van der Waals surface area contributed by atoms with E-state index in [4.69, 9.17) is 4.74 Å². The molecular formula is C14H27N3O3S. The van der Waals surface area contributed by atoms with Gasteiger partial charge < -0.3 is 14.6 Å². The van der Waals surface area contributed by atoms with Crippen LogP contribution in [0.25, 0.3) is 0 Å². The molecule has 0 atom stereocenters. The number of aromatic nitrogens is 1. The lowest BCUT2D eigenvalue weighted by atomic mass is 10.3. The van der Waals surface area contributed by atoms with E-state index >= 15 is 0 Å². The first kappa shape index (κ1) is 18.2. The van der Waals surface area contributed by atoms with Gasteiger partial charge >= 0.3 is 0 Å². The molecule has 0 radical (unpaired) electrons. The zero-order chi connectivity index (χ0) is 15.9. The van der Waals surface area contributed by atoms with Gasteiger partial charge in [-0.2, -0.15) is 0 Å². The van der Waals surface area contributed by atoms with Crippen LogP contribution in [0, 0.1) is 0 Å². The van der Waals surface area contributed by atoms with Gasteiger partial charge in [0.15, 0.2) is 0 Å². The Kier molecular flexibility index (Phi) is 7.37. The highest BCUT2D eigenvalue weighted by Crippen LogP contribution is 2.13. The number of nitrogens with zero attached hydrogens (tertiary/aromatic N) is 1. The van der Waals surface area contributed by atoms with E-state index in [1.54, 1.807) is 12.3 Å². The number of nitrogens with one attached hydrogen (secondary N) is 2. The second-order valence-corrected chi connectivity index (χ2v) is 7.10. The second kappa shape index (κ2) is 8.53. The van der Waals surface area contributed by atoms with Gasteiger partial charge in [0.25, 0.3) is 0 Å². The molecular weight excluding hydrogens is 290 g/mol. The smallest absolute Gasteiger partial charge is 0.242 e. The molecule has 1 aromatic rings. The summed E-state index contributed by atoms with van der Waals surface area (Å²) in [5.74, 6) is 0. The molecule has 7 heteroatoms. The first-order chi connectivity index (χ1) is 9.86. The summed E-state index contributed by atoms with van der Waals surface area (Å²) in [6, 6.07) is 1.70. The number of hydrogen-bond acceptors (Lipinski definition) is 4. The van der Waals surface area contributed by atoms with Crippen molar-refractivity contribution >= 4 is 10.0 Å². The van der Waals surface area contributed by atoms with Crippen LogP contribution in [0.5, 0.6) is 0 Å². The van der Waals surface area contributed by atoms with Crippen molar-refractivity contribution in [2.45, 2.75) is 44.2 Å². The number of sulfonamides is 1. The van der Waals surface area contributed by atoms with Gasteiger partial charge in [0.05, 0.1) is 11.0 Å². The molecule has 122 valence electrons. The third-order valence-electron chi connectivity index (χ3n) is 3.07. The van der Waals surface area contributed by atoms with Crippen molar-refractivity contribution in [3.8, 4) is 0 Å². The van der Waals surface area contributed by atoms with Crippen LogP contribution in [0.15, 0.2) is 17.2 Å². The summed E-state index contributed by atoms with van der Waals surface area (Å²) in [7, 11) is 0.251. The van der Waals surface area contributed by atoms with Crippen molar-refractivity contribution in [2.24, 2.45) is 7.05 Å². The maximum absolute atomic E-state index is 12.2. The SMILES string of the molecule is CNCc1cc(S(=O)(=O)NCCCCOC(C)C)cn1C. The molecule has 0 bridgehead atoms. The summed E-state index contributed by atoms with van der Waals surface area (Å²) >= 11 is 0. The lowest BCUT2D eigenvalue weighted by molar-refractivity contribution is 0.0762. The maximum Gasteiger partial charge on any atom is 0.242 e. The van der Waals surface area contributed by atoms with Crippen molar-refractivity contribution in [1.82, 2.24) is 14.6 Å². The van der Waals surface area contributed by atoms with Crippen LogP contribution in [-0.4, -0.2) is 39.3 Å². The number of aryl methyl sites for hydroxylation is 1. The molecule has 21 heavy (non-hydrogen) atoms. The molecule has 2 N–H and O–H groups in total. The monoisotopic (exact) mass is 317 g/mol. The largest absolute Gasteiger partial charge is 0.379 e. The van der Waals surface area contributed by atoms with E-state index in [-0.39, 0.29) is 6.10 Å². The molecule has 0 spiro atoms. The normalized spacial score (nSPS) is 12.2. The molecule has 0 unspecified atom stereocenters. The Labute approximate surface area is 127 Å². The van der Waals surface area contributed by atoms with Crippen LogP contribution in [0.2, 0.25) is 0 Å². The number of rotatable bonds is 10. The van der Waals surface area contributed by atoms with Gasteiger partial charge in [-0.15, -0.1) is 0 Å². The van der Waals surface area contributed by atoms with Gasteiger partial charge in [0.2, 0.25) is 10.0 Å². The third-order valence-corrected chi connectivity index (χ3v) is 4.49. The Bertz CT molecular complexity index is 524. The molecule has 6 nitrogen and oxygen atoms in total. The van der Waals surface area contributed by atoms with Crippen molar-refractivity contribution in [1.29, 1.82) is 0 Å². The zero-order valence-electron chi connectivity index (χ0n) is 13.3. The molecule has 0 aliphatic carbocycles. The Hall–Kier alpha value is -0.890. The van der Waals surface area contributed by atoms with Crippen LogP contribution < -0.4 is 10.0 Å². The topological polar surface area (TPSA) is 72.4 Å². The Balaban J connectivity index is 2.44. The summed E-state index contributed by atoms with van der Waals surface area (Å²) in [6.45, 7) is 5.71. The van der Waals surface area contributed by atoms with Gasteiger partial charge in [0.1, 0.15) is 0 Å². The minimum atomic E-state index is -3.42. The summed E-state index contributed by atoms with van der Waals surface area (Å²) in [5.41, 5.74) is 0.934. The van der Waals surface area contributed by atoms with Crippen molar-refractivity contribution < 1.29 is 13.2 Å². The van der Waals surface area contributed by atoms with Crippen LogP contribution in [-0.2, 0) is 28.4 Å².